The minimum absolute atomic E-state index is 0.000934. The van der Waals surface area contributed by atoms with Gasteiger partial charge in [-0.15, -0.1) is 0 Å². The first-order chi connectivity index (χ1) is 21.4. The quantitative estimate of drug-likeness (QED) is 0.411. The Morgan fingerprint density at radius 1 is 1.14 bits per heavy atom. The first kappa shape index (κ1) is 27.8. The summed E-state index contributed by atoms with van der Waals surface area (Å²) in [4.78, 5) is 14.9. The number of aryl methyl sites for hydroxylation is 1. The number of nitrogen functional groups attached to an aromatic ring is 1. The van der Waals surface area contributed by atoms with Crippen molar-refractivity contribution < 1.29 is 9.26 Å². The highest BCUT2D eigenvalue weighted by atomic mass is 16.5. The average molecular weight is 595 g/mol. The van der Waals surface area contributed by atoms with Gasteiger partial charge >= 0.3 is 0 Å². The lowest BCUT2D eigenvalue weighted by molar-refractivity contribution is 0.117. The minimum Gasteiger partial charge on any atom is -0.473 e. The number of likely N-dealkylation sites (tertiary alicyclic amines) is 1. The first-order valence-corrected chi connectivity index (χ1v) is 16.5. The summed E-state index contributed by atoms with van der Waals surface area (Å²) >= 11 is 0. The summed E-state index contributed by atoms with van der Waals surface area (Å²) in [5, 5.41) is 18.6. The lowest BCUT2D eigenvalue weighted by atomic mass is 9.61. The predicted molar refractivity (Wildman–Crippen MR) is 168 cm³/mol. The Labute approximate surface area is 259 Å². The zero-order valence-corrected chi connectivity index (χ0v) is 25.9. The molecule has 0 amide bonds. The standard InChI is InChI=1S/C34H42N8O2/c1-21(26-8-5-16-41(26)2)43-28-18-27(42-17-15-37-33(20-42)13-14-33)38-32(39-28)30-23-7-4-12-34(31(23)44-40-30)11-3-6-22-9-10-25(36)24(19-35)29(22)34/h9-10,18,21,26,37H,3-8,11-17,20,36H2,1-2H3/t21-,26-,34+/m0/s1. The number of piperazine rings is 1. The van der Waals surface area contributed by atoms with Crippen LogP contribution < -0.4 is 20.7 Å². The number of nitrogens with one attached hydrogen (secondary N) is 1. The number of fused-ring (bicyclic) bond motifs is 4. The van der Waals surface area contributed by atoms with Crippen LogP contribution in [0.3, 0.4) is 0 Å². The molecule has 230 valence electrons. The zero-order valence-electron chi connectivity index (χ0n) is 25.9. The van der Waals surface area contributed by atoms with Crippen LogP contribution in [-0.2, 0) is 18.3 Å². The Kier molecular flexibility index (Phi) is 6.61. The Bertz CT molecular complexity index is 1640. The van der Waals surface area contributed by atoms with Gasteiger partial charge < -0.3 is 25.2 Å². The molecule has 3 N–H and O–H groups in total. The van der Waals surface area contributed by atoms with Gasteiger partial charge in [0.05, 0.1) is 11.0 Å². The number of rotatable bonds is 5. The molecule has 0 radical (unpaired) electrons. The number of hydrogen-bond donors (Lipinski definition) is 2. The predicted octanol–water partition coefficient (Wildman–Crippen LogP) is 4.35. The van der Waals surface area contributed by atoms with Crippen LogP contribution in [-0.4, -0.2) is 70.9 Å². The van der Waals surface area contributed by atoms with Crippen LogP contribution >= 0.6 is 0 Å². The van der Waals surface area contributed by atoms with E-state index in [1.807, 2.05) is 12.1 Å². The molecule has 1 saturated carbocycles. The molecule has 10 heteroatoms. The van der Waals surface area contributed by atoms with Crippen LogP contribution in [0.15, 0.2) is 22.7 Å². The number of aromatic nitrogens is 3. The maximum Gasteiger partial charge on any atom is 0.219 e. The molecule has 44 heavy (non-hydrogen) atoms. The van der Waals surface area contributed by atoms with Crippen molar-refractivity contribution >= 4 is 11.5 Å². The number of hydrogen-bond acceptors (Lipinski definition) is 10. The third-order valence-corrected chi connectivity index (χ3v) is 11.1. The van der Waals surface area contributed by atoms with Gasteiger partial charge in [-0.1, -0.05) is 11.2 Å². The monoisotopic (exact) mass is 594 g/mol. The molecule has 2 saturated heterocycles. The Morgan fingerprint density at radius 2 is 1.98 bits per heavy atom. The van der Waals surface area contributed by atoms with Gasteiger partial charge in [0.2, 0.25) is 5.88 Å². The molecular formula is C34H42N8O2. The first-order valence-electron chi connectivity index (χ1n) is 16.5. The number of nitriles is 1. The molecule has 10 nitrogen and oxygen atoms in total. The van der Waals surface area contributed by atoms with Crippen molar-refractivity contribution in [1.29, 1.82) is 5.26 Å². The van der Waals surface area contributed by atoms with Gasteiger partial charge in [0, 0.05) is 48.5 Å². The third kappa shape index (κ3) is 4.47. The smallest absolute Gasteiger partial charge is 0.219 e. The molecule has 0 unspecified atom stereocenters. The average Bonchev–Trinajstić information content (AvgIpc) is 3.40. The van der Waals surface area contributed by atoms with Crippen molar-refractivity contribution in [3.63, 3.8) is 0 Å². The van der Waals surface area contributed by atoms with Crippen LogP contribution in [0.25, 0.3) is 11.5 Å². The van der Waals surface area contributed by atoms with Crippen molar-refractivity contribution in [2.45, 2.75) is 94.2 Å². The van der Waals surface area contributed by atoms with Gasteiger partial charge in [0.25, 0.3) is 0 Å². The second-order valence-corrected chi connectivity index (χ2v) is 13.8. The van der Waals surface area contributed by atoms with E-state index in [0.717, 1.165) is 93.8 Å². The van der Waals surface area contributed by atoms with Crippen LogP contribution in [0.5, 0.6) is 5.88 Å². The SMILES string of the molecule is C[C@H](Oc1cc(N2CCNC3(CC3)C2)nc(-c2noc3c2CCC[C@@]32CCCc3ccc(N)c(C#N)c32)n1)[C@@H]1CCCN1C. The van der Waals surface area contributed by atoms with E-state index in [-0.39, 0.29) is 11.6 Å². The van der Waals surface area contributed by atoms with E-state index in [1.165, 1.54) is 24.8 Å². The zero-order chi connectivity index (χ0) is 30.1. The van der Waals surface area contributed by atoms with Crippen LogP contribution in [0.1, 0.15) is 86.3 Å². The van der Waals surface area contributed by atoms with Gasteiger partial charge in [-0.25, -0.2) is 4.98 Å². The third-order valence-electron chi connectivity index (χ3n) is 11.1. The molecule has 3 aliphatic carbocycles. The summed E-state index contributed by atoms with van der Waals surface area (Å²) in [6, 6.07) is 8.78. The second kappa shape index (κ2) is 10.5. The van der Waals surface area contributed by atoms with Gasteiger partial charge in [0.1, 0.15) is 18.0 Å². The van der Waals surface area contributed by atoms with Crippen LogP contribution in [0.2, 0.25) is 0 Å². The highest BCUT2D eigenvalue weighted by Gasteiger charge is 2.48. The number of nitrogens with two attached hydrogens (primary N) is 1. The summed E-state index contributed by atoms with van der Waals surface area (Å²) in [6.45, 7) is 5.99. The number of nitrogens with zero attached hydrogens (tertiary/aromatic N) is 6. The van der Waals surface area contributed by atoms with Crippen molar-refractivity contribution in [2.75, 3.05) is 43.9 Å². The topological polar surface area (TPSA) is 129 Å². The summed E-state index contributed by atoms with van der Waals surface area (Å²) in [6.07, 6.45) is 10.3. The molecule has 1 aromatic carbocycles. The number of benzene rings is 1. The van der Waals surface area contributed by atoms with Crippen molar-refractivity contribution in [2.24, 2.45) is 0 Å². The highest BCUT2D eigenvalue weighted by Crippen LogP contribution is 2.53. The Balaban J connectivity index is 1.22. The number of likely N-dealkylation sites (N-methyl/N-ethyl adjacent to an activating group) is 1. The molecule has 5 aliphatic rings. The van der Waals surface area contributed by atoms with E-state index in [2.05, 4.69) is 41.2 Å². The van der Waals surface area contributed by atoms with E-state index in [0.29, 0.717) is 34.7 Å². The van der Waals surface area contributed by atoms with Crippen LogP contribution in [0, 0.1) is 11.3 Å². The fourth-order valence-corrected chi connectivity index (χ4v) is 8.67. The van der Waals surface area contributed by atoms with Gasteiger partial charge in [-0.2, -0.15) is 10.2 Å². The maximum atomic E-state index is 10.2. The highest BCUT2D eigenvalue weighted by molar-refractivity contribution is 5.67. The fourth-order valence-electron chi connectivity index (χ4n) is 8.67. The lowest BCUT2D eigenvalue weighted by Gasteiger charge is -2.41. The molecule has 2 aromatic heterocycles. The van der Waals surface area contributed by atoms with Crippen molar-refractivity contribution in [1.82, 2.24) is 25.3 Å². The molecule has 2 spiro atoms. The van der Waals surface area contributed by atoms with Gasteiger partial charge in [-0.05, 0) is 102 Å². The Morgan fingerprint density at radius 3 is 2.75 bits per heavy atom. The minimum atomic E-state index is -0.414. The van der Waals surface area contributed by atoms with E-state index in [9.17, 15) is 5.26 Å². The van der Waals surface area contributed by atoms with Crippen molar-refractivity contribution in [3.8, 4) is 23.5 Å². The van der Waals surface area contributed by atoms with Gasteiger partial charge in [-0.3, -0.25) is 4.90 Å². The second-order valence-electron chi connectivity index (χ2n) is 13.8. The lowest BCUT2D eigenvalue weighted by Crippen LogP contribution is -2.52. The fraction of sp³-hybridized carbons (Fsp3) is 0.588. The molecule has 4 heterocycles. The van der Waals surface area contributed by atoms with E-state index in [4.69, 9.17) is 30.1 Å². The summed E-state index contributed by atoms with van der Waals surface area (Å²) in [5.74, 6) is 2.89. The molecule has 2 aliphatic heterocycles. The van der Waals surface area contributed by atoms with E-state index < -0.39 is 5.41 Å². The summed E-state index contributed by atoms with van der Waals surface area (Å²) in [5.41, 5.74) is 11.3. The molecule has 0 bridgehead atoms. The van der Waals surface area contributed by atoms with Crippen molar-refractivity contribution in [3.05, 3.63) is 46.2 Å². The molecular weight excluding hydrogens is 552 g/mol. The number of anilines is 2. The van der Waals surface area contributed by atoms with Gasteiger partial charge in [0.15, 0.2) is 17.3 Å². The summed E-state index contributed by atoms with van der Waals surface area (Å²) in [7, 11) is 2.18. The maximum absolute atomic E-state index is 10.2. The normalized spacial score (nSPS) is 26.3. The largest absolute Gasteiger partial charge is 0.473 e. The summed E-state index contributed by atoms with van der Waals surface area (Å²) < 4.78 is 12.9. The van der Waals surface area contributed by atoms with Crippen LogP contribution in [0.4, 0.5) is 11.5 Å². The van der Waals surface area contributed by atoms with E-state index >= 15 is 0 Å². The van der Waals surface area contributed by atoms with E-state index in [1.54, 1.807) is 0 Å². The molecule has 8 rings (SSSR count). The molecule has 3 atom stereocenters. The molecule has 3 fully saturated rings. The molecule has 3 aromatic rings. The Hall–Kier alpha value is -3.68. The number of ether oxygens (including phenoxy) is 1.